The summed E-state index contributed by atoms with van der Waals surface area (Å²) in [5.74, 6) is 0.436. The van der Waals surface area contributed by atoms with Gasteiger partial charge in [0.2, 0.25) is 0 Å². The summed E-state index contributed by atoms with van der Waals surface area (Å²) in [6, 6.07) is 14.6. The van der Waals surface area contributed by atoms with E-state index in [9.17, 15) is 14.7 Å². The Labute approximate surface area is 302 Å². The minimum absolute atomic E-state index is 0.227. The molecule has 1 amide bonds. The number of carboxylic acid groups (broad SMARTS) is 1. The maximum Gasteiger partial charge on any atom is 0.320 e. The lowest BCUT2D eigenvalue weighted by atomic mass is 9.96. The molecule has 3 N–H and O–H groups in total. The molecule has 0 radical (unpaired) electrons. The van der Waals surface area contributed by atoms with Crippen LogP contribution in [-0.2, 0) is 37.8 Å². The second-order valence-electron chi connectivity index (χ2n) is 13.5. The second-order valence-corrected chi connectivity index (χ2v) is 14.3. The molecule has 0 bridgehead atoms. The highest BCUT2D eigenvalue weighted by Crippen LogP contribution is 2.45. The second kappa shape index (κ2) is 15.0. The predicted molar refractivity (Wildman–Crippen MR) is 195 cm³/mol. The van der Waals surface area contributed by atoms with Gasteiger partial charge < -0.3 is 34.7 Å². The minimum atomic E-state index is -0.892. The number of nitrogens with zero attached hydrogens (tertiary/aromatic N) is 3. The minimum Gasteiger partial charge on any atom is -0.496 e. The van der Waals surface area contributed by atoms with Crippen LogP contribution in [0.2, 0.25) is 10.0 Å². The summed E-state index contributed by atoms with van der Waals surface area (Å²) in [4.78, 5) is 32.0. The van der Waals surface area contributed by atoms with Gasteiger partial charge in [0, 0.05) is 56.0 Å². The van der Waals surface area contributed by atoms with Crippen molar-refractivity contribution in [2.75, 3.05) is 26.0 Å². The first kappa shape index (κ1) is 35.7. The molecule has 0 saturated carbocycles. The molecule has 0 spiro atoms. The number of imidazole rings is 1. The fourth-order valence-electron chi connectivity index (χ4n) is 6.99. The van der Waals surface area contributed by atoms with E-state index in [2.05, 4.69) is 33.6 Å². The zero-order valence-corrected chi connectivity index (χ0v) is 30.5. The standard InChI is InChI=1S/C38H43Cl2N5O5/c1-21(2)16-29(38(47)48)41-19-22-17-27(39)34(18-33(22)49-5)50-32-13-12-24-23(8-6-9-25(24)32)26-10-7-11-28(35(26)40)43-37(46)36-42-30-20-44(3)15-14-31(30)45(36)4/h6-11,17-18,21,29,32,41H,12-16,19-20H2,1-5H3,(H,43,46)(H,47,48). The van der Waals surface area contributed by atoms with Crippen molar-refractivity contribution in [2.24, 2.45) is 13.0 Å². The number of carbonyl (C=O) groups excluding carboxylic acids is 1. The summed E-state index contributed by atoms with van der Waals surface area (Å²) >= 11 is 13.7. The van der Waals surface area contributed by atoms with Gasteiger partial charge in [0.15, 0.2) is 5.82 Å². The van der Waals surface area contributed by atoms with Crippen molar-refractivity contribution < 1.29 is 24.2 Å². The van der Waals surface area contributed by atoms with Crippen LogP contribution in [-0.4, -0.2) is 58.2 Å². The molecule has 50 heavy (non-hydrogen) atoms. The van der Waals surface area contributed by atoms with Gasteiger partial charge in [-0.25, -0.2) is 4.98 Å². The van der Waals surface area contributed by atoms with Gasteiger partial charge in [-0.15, -0.1) is 0 Å². The van der Waals surface area contributed by atoms with Gasteiger partial charge in [0.1, 0.15) is 23.6 Å². The quantitative estimate of drug-likeness (QED) is 0.140. The largest absolute Gasteiger partial charge is 0.496 e. The van der Waals surface area contributed by atoms with Crippen molar-refractivity contribution in [3.05, 3.63) is 92.5 Å². The van der Waals surface area contributed by atoms with E-state index in [-0.39, 0.29) is 24.5 Å². The zero-order chi connectivity index (χ0) is 35.7. The molecule has 0 fully saturated rings. The lowest BCUT2D eigenvalue weighted by molar-refractivity contribution is -0.140. The Balaban J connectivity index is 1.20. The number of aliphatic carboxylic acids is 1. The van der Waals surface area contributed by atoms with Crippen LogP contribution in [0.1, 0.15) is 71.5 Å². The summed E-state index contributed by atoms with van der Waals surface area (Å²) in [7, 11) is 5.50. The van der Waals surface area contributed by atoms with Gasteiger partial charge in [0.05, 0.1) is 28.5 Å². The fraction of sp³-hybridized carbons (Fsp3) is 0.395. The van der Waals surface area contributed by atoms with E-state index in [0.717, 1.165) is 65.0 Å². The highest BCUT2D eigenvalue weighted by molar-refractivity contribution is 6.36. The van der Waals surface area contributed by atoms with Gasteiger partial charge in [0.25, 0.3) is 5.91 Å². The van der Waals surface area contributed by atoms with Crippen LogP contribution in [0.15, 0.2) is 48.5 Å². The molecule has 1 aromatic heterocycles. The van der Waals surface area contributed by atoms with Crippen molar-refractivity contribution in [1.29, 1.82) is 0 Å². The number of likely N-dealkylation sites (N-methyl/N-ethyl adjacent to an activating group) is 1. The van der Waals surface area contributed by atoms with E-state index in [1.807, 2.05) is 49.7 Å². The first-order chi connectivity index (χ1) is 23.9. The third-order valence-corrected chi connectivity index (χ3v) is 10.3. The Bertz CT molecular complexity index is 1930. The Morgan fingerprint density at radius 3 is 2.56 bits per heavy atom. The van der Waals surface area contributed by atoms with E-state index in [0.29, 0.717) is 46.0 Å². The van der Waals surface area contributed by atoms with E-state index in [1.165, 1.54) is 0 Å². The Morgan fingerprint density at radius 2 is 1.82 bits per heavy atom. The third kappa shape index (κ3) is 7.35. The van der Waals surface area contributed by atoms with Crippen LogP contribution in [0, 0.1) is 5.92 Å². The van der Waals surface area contributed by atoms with Gasteiger partial charge in [-0.2, -0.15) is 0 Å². The monoisotopic (exact) mass is 719 g/mol. The maximum atomic E-state index is 13.4. The average Bonchev–Trinajstić information content (AvgIpc) is 3.64. The van der Waals surface area contributed by atoms with Gasteiger partial charge in [-0.05, 0) is 61.1 Å². The number of aromatic nitrogens is 2. The molecule has 2 unspecified atom stereocenters. The topological polar surface area (TPSA) is 118 Å². The zero-order valence-electron chi connectivity index (χ0n) is 29.0. The maximum absolute atomic E-state index is 13.4. The van der Waals surface area contributed by atoms with Crippen LogP contribution in [0.4, 0.5) is 5.69 Å². The average molecular weight is 721 g/mol. The molecule has 10 nitrogen and oxygen atoms in total. The highest BCUT2D eigenvalue weighted by atomic mass is 35.5. The third-order valence-electron chi connectivity index (χ3n) is 9.55. The fourth-order valence-corrected chi connectivity index (χ4v) is 7.50. The van der Waals surface area contributed by atoms with Gasteiger partial charge in [-0.3, -0.25) is 9.59 Å². The molecule has 1 aliphatic carbocycles. The van der Waals surface area contributed by atoms with Crippen LogP contribution >= 0.6 is 23.2 Å². The molecular weight excluding hydrogens is 677 g/mol. The number of benzene rings is 3. The highest BCUT2D eigenvalue weighted by Gasteiger charge is 2.29. The molecule has 0 saturated heterocycles. The summed E-state index contributed by atoms with van der Waals surface area (Å²) in [5.41, 5.74) is 7.23. The Kier molecular flexibility index (Phi) is 10.7. The number of methoxy groups -OCH3 is 1. The molecule has 4 aromatic rings. The lowest BCUT2D eigenvalue weighted by Crippen LogP contribution is -2.37. The number of nitrogens with one attached hydrogen (secondary N) is 2. The Morgan fingerprint density at radius 1 is 1.06 bits per heavy atom. The number of anilines is 1. The number of carboxylic acids is 1. The van der Waals surface area contributed by atoms with Gasteiger partial charge >= 0.3 is 5.97 Å². The molecule has 3 aromatic carbocycles. The number of halogens is 2. The number of amides is 1. The molecule has 1 aliphatic heterocycles. The number of ether oxygens (including phenoxy) is 2. The molecule has 264 valence electrons. The molecule has 2 heterocycles. The molecule has 2 aliphatic rings. The number of fused-ring (bicyclic) bond motifs is 2. The molecule has 2 atom stereocenters. The summed E-state index contributed by atoms with van der Waals surface area (Å²) < 4.78 is 14.1. The van der Waals surface area contributed by atoms with Crippen molar-refractivity contribution in [3.63, 3.8) is 0 Å². The van der Waals surface area contributed by atoms with E-state index < -0.39 is 12.0 Å². The molecule has 12 heteroatoms. The normalized spacial score (nSPS) is 16.2. The van der Waals surface area contributed by atoms with Crippen molar-refractivity contribution in [1.82, 2.24) is 19.8 Å². The first-order valence-corrected chi connectivity index (χ1v) is 17.6. The SMILES string of the molecule is COc1cc(OC2CCc3c(-c4cccc(NC(=O)c5nc6c(n5C)CCN(C)C6)c4Cl)cccc32)c(Cl)cc1CNC(CC(C)C)C(=O)O. The van der Waals surface area contributed by atoms with E-state index in [1.54, 1.807) is 25.3 Å². The number of hydrogen-bond acceptors (Lipinski definition) is 7. The van der Waals surface area contributed by atoms with Crippen molar-refractivity contribution in [2.45, 2.75) is 64.8 Å². The van der Waals surface area contributed by atoms with Crippen LogP contribution in [0.3, 0.4) is 0 Å². The summed E-state index contributed by atoms with van der Waals surface area (Å²) in [6.45, 7) is 5.91. The van der Waals surface area contributed by atoms with Crippen LogP contribution in [0.5, 0.6) is 11.5 Å². The molecular formula is C38H43Cl2N5O5. The van der Waals surface area contributed by atoms with E-state index in [4.69, 9.17) is 32.7 Å². The van der Waals surface area contributed by atoms with Crippen LogP contribution < -0.4 is 20.1 Å². The number of carbonyl (C=O) groups is 2. The predicted octanol–water partition coefficient (Wildman–Crippen LogP) is 7.30. The smallest absolute Gasteiger partial charge is 0.320 e. The van der Waals surface area contributed by atoms with Crippen molar-refractivity contribution >= 4 is 40.8 Å². The summed E-state index contributed by atoms with van der Waals surface area (Å²) in [6.07, 6.45) is 2.59. The first-order valence-electron chi connectivity index (χ1n) is 16.9. The van der Waals surface area contributed by atoms with Crippen LogP contribution in [0.25, 0.3) is 11.1 Å². The number of hydrogen-bond donors (Lipinski definition) is 3. The summed E-state index contributed by atoms with van der Waals surface area (Å²) in [5, 5.41) is 16.6. The lowest BCUT2D eigenvalue weighted by Gasteiger charge is -2.21. The van der Waals surface area contributed by atoms with E-state index >= 15 is 0 Å². The number of rotatable bonds is 12. The van der Waals surface area contributed by atoms with Crippen molar-refractivity contribution in [3.8, 4) is 22.6 Å². The Hall–Kier alpha value is -4.09. The van der Waals surface area contributed by atoms with Gasteiger partial charge in [-0.1, -0.05) is 67.4 Å². The molecule has 6 rings (SSSR count).